The van der Waals surface area contributed by atoms with Gasteiger partial charge in [-0.1, -0.05) is 37.8 Å². The number of hydrogen-bond acceptors (Lipinski definition) is 4. The molecule has 25 heavy (non-hydrogen) atoms. The van der Waals surface area contributed by atoms with Crippen LogP contribution in [0.5, 0.6) is 5.75 Å². The van der Waals surface area contributed by atoms with Crippen LogP contribution in [-0.4, -0.2) is 48.4 Å². The van der Waals surface area contributed by atoms with E-state index in [4.69, 9.17) is 4.74 Å². The highest BCUT2D eigenvalue weighted by molar-refractivity contribution is 5.28. The molecule has 2 N–H and O–H groups in total. The Hall–Kier alpha value is -1.10. The van der Waals surface area contributed by atoms with Crippen LogP contribution in [0.4, 0.5) is 0 Å². The van der Waals surface area contributed by atoms with E-state index in [9.17, 15) is 5.11 Å². The third-order valence-electron chi connectivity index (χ3n) is 5.46. The molecule has 4 heteroatoms. The summed E-state index contributed by atoms with van der Waals surface area (Å²) < 4.78 is 5.85. The summed E-state index contributed by atoms with van der Waals surface area (Å²) in [7, 11) is 0. The van der Waals surface area contributed by atoms with Crippen LogP contribution in [0.2, 0.25) is 0 Å². The van der Waals surface area contributed by atoms with Gasteiger partial charge in [0.2, 0.25) is 0 Å². The van der Waals surface area contributed by atoms with Gasteiger partial charge in [0.1, 0.15) is 18.5 Å². The average Bonchev–Trinajstić information content (AvgIpc) is 3.02. The Labute approximate surface area is 152 Å². The SMILES string of the molecule is OC(COc1cccc(CNC2CCCC2)c1)CN1CCCCCC1. The highest BCUT2D eigenvalue weighted by Gasteiger charge is 2.15. The number of rotatable bonds is 8. The van der Waals surface area contributed by atoms with E-state index in [1.165, 1.54) is 56.9 Å². The molecular weight excluding hydrogens is 312 g/mol. The van der Waals surface area contributed by atoms with Crippen LogP contribution in [0.25, 0.3) is 0 Å². The third-order valence-corrected chi connectivity index (χ3v) is 5.46. The number of β-amino-alcohol motifs (C(OH)–C–C–N with tert-alkyl or cyclic N) is 1. The van der Waals surface area contributed by atoms with Crippen LogP contribution >= 0.6 is 0 Å². The lowest BCUT2D eigenvalue weighted by atomic mass is 10.2. The Morgan fingerprint density at radius 2 is 1.84 bits per heavy atom. The second-order valence-corrected chi connectivity index (χ2v) is 7.69. The number of nitrogens with one attached hydrogen (secondary N) is 1. The number of likely N-dealkylation sites (tertiary alicyclic amines) is 1. The second kappa shape index (κ2) is 10.1. The van der Waals surface area contributed by atoms with Gasteiger partial charge >= 0.3 is 0 Å². The fourth-order valence-corrected chi connectivity index (χ4v) is 4.00. The normalized spacial score (nSPS) is 21.2. The molecule has 1 saturated carbocycles. The maximum atomic E-state index is 10.3. The first-order chi connectivity index (χ1) is 12.3. The van der Waals surface area contributed by atoms with E-state index in [1.807, 2.05) is 12.1 Å². The largest absolute Gasteiger partial charge is 0.491 e. The number of hydrogen-bond donors (Lipinski definition) is 2. The van der Waals surface area contributed by atoms with Crippen LogP contribution in [0.3, 0.4) is 0 Å². The molecule has 0 bridgehead atoms. The molecule has 0 spiro atoms. The Kier molecular flexibility index (Phi) is 7.58. The maximum Gasteiger partial charge on any atom is 0.119 e. The highest BCUT2D eigenvalue weighted by Crippen LogP contribution is 2.19. The Morgan fingerprint density at radius 1 is 1.08 bits per heavy atom. The molecule has 0 aromatic heterocycles. The maximum absolute atomic E-state index is 10.3. The van der Waals surface area contributed by atoms with Crippen molar-refractivity contribution in [1.29, 1.82) is 0 Å². The Bertz CT molecular complexity index is 494. The molecule has 1 unspecified atom stereocenters. The van der Waals surface area contributed by atoms with Crippen LogP contribution < -0.4 is 10.1 Å². The second-order valence-electron chi connectivity index (χ2n) is 7.69. The van der Waals surface area contributed by atoms with Crippen LogP contribution in [0.15, 0.2) is 24.3 Å². The number of benzene rings is 1. The van der Waals surface area contributed by atoms with Gasteiger partial charge in [0.25, 0.3) is 0 Å². The van der Waals surface area contributed by atoms with E-state index in [1.54, 1.807) is 0 Å². The molecule has 2 fully saturated rings. The van der Waals surface area contributed by atoms with Crippen molar-refractivity contribution in [3.05, 3.63) is 29.8 Å². The lowest BCUT2D eigenvalue weighted by molar-refractivity contribution is 0.0693. The molecule has 1 aromatic rings. The zero-order valence-corrected chi connectivity index (χ0v) is 15.5. The molecule has 140 valence electrons. The summed E-state index contributed by atoms with van der Waals surface area (Å²) in [5, 5.41) is 13.9. The summed E-state index contributed by atoms with van der Waals surface area (Å²) in [5.41, 5.74) is 1.26. The summed E-state index contributed by atoms with van der Waals surface area (Å²) >= 11 is 0. The third kappa shape index (κ3) is 6.61. The molecule has 0 amide bonds. The van der Waals surface area contributed by atoms with E-state index in [-0.39, 0.29) is 0 Å². The van der Waals surface area contributed by atoms with Gasteiger partial charge in [0.15, 0.2) is 0 Å². The van der Waals surface area contributed by atoms with Gasteiger partial charge in [-0.2, -0.15) is 0 Å². The van der Waals surface area contributed by atoms with E-state index >= 15 is 0 Å². The van der Waals surface area contributed by atoms with Crippen molar-refractivity contribution < 1.29 is 9.84 Å². The first-order valence-corrected chi connectivity index (χ1v) is 10.1. The number of nitrogens with zero attached hydrogens (tertiary/aromatic N) is 1. The van der Waals surface area contributed by atoms with Crippen LogP contribution in [0.1, 0.15) is 56.9 Å². The van der Waals surface area contributed by atoms with Crippen molar-refractivity contribution in [2.45, 2.75) is 70.1 Å². The van der Waals surface area contributed by atoms with Crippen molar-refractivity contribution in [3.63, 3.8) is 0 Å². The van der Waals surface area contributed by atoms with Crippen molar-refractivity contribution >= 4 is 0 Å². The van der Waals surface area contributed by atoms with Crippen molar-refractivity contribution in [2.75, 3.05) is 26.2 Å². The first-order valence-electron chi connectivity index (χ1n) is 10.1. The highest BCUT2D eigenvalue weighted by atomic mass is 16.5. The van der Waals surface area contributed by atoms with E-state index in [0.29, 0.717) is 12.6 Å². The minimum atomic E-state index is -0.418. The fourth-order valence-electron chi connectivity index (χ4n) is 4.00. The summed E-state index contributed by atoms with van der Waals surface area (Å²) in [4.78, 5) is 2.38. The topological polar surface area (TPSA) is 44.7 Å². The number of aliphatic hydroxyl groups is 1. The average molecular weight is 347 g/mol. The van der Waals surface area contributed by atoms with Crippen molar-refractivity contribution in [2.24, 2.45) is 0 Å². The molecule has 1 atom stereocenters. The first kappa shape index (κ1) is 18.7. The molecule has 3 rings (SSSR count). The summed E-state index contributed by atoms with van der Waals surface area (Å²) in [6.07, 6.45) is 10.1. The molecule has 0 radical (unpaired) electrons. The summed E-state index contributed by atoms with van der Waals surface area (Å²) in [6.45, 7) is 4.22. The van der Waals surface area contributed by atoms with Crippen molar-refractivity contribution in [1.82, 2.24) is 10.2 Å². The summed E-state index contributed by atoms with van der Waals surface area (Å²) in [6, 6.07) is 8.95. The van der Waals surface area contributed by atoms with Gasteiger partial charge in [-0.15, -0.1) is 0 Å². The van der Waals surface area contributed by atoms with Gasteiger partial charge < -0.3 is 20.1 Å². The van der Waals surface area contributed by atoms with E-state index < -0.39 is 6.10 Å². The zero-order chi connectivity index (χ0) is 17.3. The molecule has 1 aromatic carbocycles. The Balaban J connectivity index is 1.40. The Morgan fingerprint density at radius 3 is 2.60 bits per heavy atom. The lowest BCUT2D eigenvalue weighted by Gasteiger charge is -2.23. The molecule has 2 aliphatic rings. The quantitative estimate of drug-likeness (QED) is 0.758. The monoisotopic (exact) mass is 346 g/mol. The minimum absolute atomic E-state index is 0.371. The predicted octanol–water partition coefficient (Wildman–Crippen LogP) is 3.33. The smallest absolute Gasteiger partial charge is 0.119 e. The van der Waals surface area contributed by atoms with Gasteiger partial charge in [-0.05, 0) is 56.5 Å². The molecule has 1 aliphatic carbocycles. The van der Waals surface area contributed by atoms with Gasteiger partial charge in [0.05, 0.1) is 0 Å². The standard InChI is InChI=1S/C21H34N2O2/c24-20(16-23-12-5-1-2-6-13-23)17-25-21-11-7-8-18(14-21)15-22-19-9-3-4-10-19/h7-8,11,14,19-20,22,24H,1-6,9-10,12-13,15-17H2. The summed E-state index contributed by atoms with van der Waals surface area (Å²) in [5.74, 6) is 0.862. The minimum Gasteiger partial charge on any atom is -0.491 e. The predicted molar refractivity (Wildman–Crippen MR) is 102 cm³/mol. The fraction of sp³-hybridized carbons (Fsp3) is 0.714. The molecule has 1 aliphatic heterocycles. The molecule has 4 nitrogen and oxygen atoms in total. The van der Waals surface area contributed by atoms with Gasteiger partial charge in [0, 0.05) is 19.1 Å². The van der Waals surface area contributed by atoms with Crippen LogP contribution in [-0.2, 0) is 6.54 Å². The van der Waals surface area contributed by atoms with Gasteiger partial charge in [-0.3, -0.25) is 0 Å². The van der Waals surface area contributed by atoms with Gasteiger partial charge in [-0.25, -0.2) is 0 Å². The number of ether oxygens (including phenoxy) is 1. The van der Waals surface area contributed by atoms with Crippen LogP contribution in [0, 0.1) is 0 Å². The number of aliphatic hydroxyl groups excluding tert-OH is 1. The molecular formula is C21H34N2O2. The lowest BCUT2D eigenvalue weighted by Crippen LogP contribution is -2.36. The van der Waals surface area contributed by atoms with E-state index in [2.05, 4.69) is 22.3 Å². The zero-order valence-electron chi connectivity index (χ0n) is 15.5. The van der Waals surface area contributed by atoms with E-state index in [0.717, 1.165) is 31.9 Å². The molecule has 1 saturated heterocycles. The molecule has 1 heterocycles. The van der Waals surface area contributed by atoms with Crippen molar-refractivity contribution in [3.8, 4) is 5.75 Å².